The largest absolute Gasteiger partial charge is 0.478 e. The van der Waals surface area contributed by atoms with Crippen molar-refractivity contribution in [2.75, 3.05) is 0 Å². The number of hydrogen-bond donors (Lipinski definition) is 3. The molecule has 0 spiro atoms. The third-order valence-electron chi connectivity index (χ3n) is 7.23. The number of carbonyl (C=O) groups is 2. The molecular formula is C32H29Cl2N3O3. The molecule has 3 aromatic carbocycles. The normalized spacial score (nSPS) is 14.2. The Morgan fingerprint density at radius 1 is 1.05 bits per heavy atom. The lowest BCUT2D eigenvalue weighted by Crippen LogP contribution is -2.30. The number of aliphatic carboxylic acids is 1. The summed E-state index contributed by atoms with van der Waals surface area (Å²) in [6.07, 6.45) is 3.88. The van der Waals surface area contributed by atoms with E-state index in [0.29, 0.717) is 56.5 Å². The number of H-pyrrole nitrogens is 1. The van der Waals surface area contributed by atoms with Gasteiger partial charge < -0.3 is 15.4 Å². The van der Waals surface area contributed by atoms with Crippen molar-refractivity contribution in [2.24, 2.45) is 0 Å². The average molecular weight is 575 g/mol. The van der Waals surface area contributed by atoms with Crippen LogP contribution in [-0.4, -0.2) is 27.0 Å². The fourth-order valence-electron chi connectivity index (χ4n) is 5.20. The van der Waals surface area contributed by atoms with E-state index in [9.17, 15) is 14.7 Å². The molecule has 3 N–H and O–H groups in total. The van der Waals surface area contributed by atoms with Gasteiger partial charge in [-0.1, -0.05) is 79.0 Å². The lowest BCUT2D eigenvalue weighted by Gasteiger charge is -2.23. The third-order valence-corrected chi connectivity index (χ3v) is 7.95. The molecule has 1 aliphatic carbocycles. The number of nitrogens with zero attached hydrogens (tertiary/aromatic N) is 1. The maximum Gasteiger partial charge on any atom is 0.335 e. The van der Waals surface area contributed by atoms with Crippen LogP contribution >= 0.6 is 23.2 Å². The Balaban J connectivity index is 1.54. The van der Waals surface area contributed by atoms with Gasteiger partial charge in [0.15, 0.2) is 0 Å². The second-order valence-electron chi connectivity index (χ2n) is 9.96. The van der Waals surface area contributed by atoms with Crippen molar-refractivity contribution in [2.45, 2.75) is 45.6 Å². The Bertz CT molecular complexity index is 1630. The SMILES string of the molecule is CCC[C@@H](NC(=O)C1=CC(C(=O)O)=C(c2c(Cl)cccc2-c2nc3cc(Cl)c(C)cc3[nH]2)CC1)c1ccccc1. The van der Waals surface area contributed by atoms with E-state index in [1.54, 1.807) is 12.1 Å². The number of carbonyl (C=O) groups excluding carboxylic acids is 1. The lowest BCUT2D eigenvalue weighted by atomic mass is 9.85. The maximum absolute atomic E-state index is 13.3. The summed E-state index contributed by atoms with van der Waals surface area (Å²) in [5.74, 6) is -0.820. The van der Waals surface area contributed by atoms with Crippen molar-refractivity contribution < 1.29 is 14.7 Å². The number of carboxylic acids is 1. The first-order valence-electron chi connectivity index (χ1n) is 13.2. The molecular weight excluding hydrogens is 545 g/mol. The summed E-state index contributed by atoms with van der Waals surface area (Å²) < 4.78 is 0. The molecule has 0 fully saturated rings. The standard InChI is InChI=1S/C32H29Cl2N3O3/c1-3-8-26(19-9-5-4-6-10-19)37-31(38)20-13-14-21(23(16-20)32(39)40)29-22(11-7-12-24(29)33)30-35-27-15-18(2)25(34)17-28(27)36-30/h4-7,9-12,15-17,26H,3,8,13-14H2,1-2H3,(H,35,36)(H,37,38)(H,39,40)/t26-/m1/s1. The number of aromatic nitrogens is 2. The fourth-order valence-corrected chi connectivity index (χ4v) is 5.65. The van der Waals surface area contributed by atoms with E-state index >= 15 is 0 Å². The van der Waals surface area contributed by atoms with E-state index in [1.807, 2.05) is 55.5 Å². The molecule has 0 bridgehead atoms. The van der Waals surface area contributed by atoms with Crippen molar-refractivity contribution >= 4 is 51.7 Å². The van der Waals surface area contributed by atoms with E-state index in [2.05, 4.69) is 17.2 Å². The highest BCUT2D eigenvalue weighted by Gasteiger charge is 2.27. The first-order chi connectivity index (χ1) is 19.3. The Morgan fingerprint density at radius 3 is 2.55 bits per heavy atom. The molecule has 1 aliphatic rings. The van der Waals surface area contributed by atoms with E-state index in [0.717, 1.165) is 29.5 Å². The van der Waals surface area contributed by atoms with Crippen molar-refractivity contribution in [3.8, 4) is 11.4 Å². The van der Waals surface area contributed by atoms with Crippen LogP contribution < -0.4 is 5.32 Å². The molecule has 0 aliphatic heterocycles. The Labute approximate surface area is 242 Å². The maximum atomic E-state index is 13.3. The van der Waals surface area contributed by atoms with Crippen LogP contribution in [0.3, 0.4) is 0 Å². The van der Waals surface area contributed by atoms with Gasteiger partial charge in [-0.25, -0.2) is 9.78 Å². The number of aromatic amines is 1. The van der Waals surface area contributed by atoms with E-state index < -0.39 is 5.97 Å². The molecule has 5 rings (SSSR count). The van der Waals surface area contributed by atoms with Crippen LogP contribution in [0.15, 0.2) is 77.9 Å². The van der Waals surface area contributed by atoms with Crippen LogP contribution in [0.5, 0.6) is 0 Å². The highest BCUT2D eigenvalue weighted by atomic mass is 35.5. The summed E-state index contributed by atoms with van der Waals surface area (Å²) in [4.78, 5) is 33.9. The first-order valence-corrected chi connectivity index (χ1v) is 14.0. The second-order valence-corrected chi connectivity index (χ2v) is 10.8. The van der Waals surface area contributed by atoms with Crippen LogP contribution in [0.25, 0.3) is 28.0 Å². The number of imidazole rings is 1. The summed E-state index contributed by atoms with van der Waals surface area (Å²) in [7, 11) is 0. The summed E-state index contributed by atoms with van der Waals surface area (Å²) in [5.41, 5.74) is 5.77. The number of carboxylic acid groups (broad SMARTS) is 1. The molecule has 40 heavy (non-hydrogen) atoms. The quantitative estimate of drug-likeness (QED) is 0.198. The predicted octanol–water partition coefficient (Wildman–Crippen LogP) is 8.06. The van der Waals surface area contributed by atoms with Gasteiger partial charge in [-0.2, -0.15) is 0 Å². The van der Waals surface area contributed by atoms with Gasteiger partial charge in [-0.05, 0) is 67.2 Å². The third kappa shape index (κ3) is 5.55. The fraction of sp³-hybridized carbons (Fsp3) is 0.219. The first kappa shape index (κ1) is 27.7. The number of rotatable bonds is 8. The minimum atomic E-state index is -1.12. The number of aryl methyl sites for hydroxylation is 1. The number of amides is 1. The second kappa shape index (κ2) is 11.7. The van der Waals surface area contributed by atoms with Crippen LogP contribution in [-0.2, 0) is 9.59 Å². The molecule has 0 unspecified atom stereocenters. The zero-order valence-electron chi connectivity index (χ0n) is 22.2. The summed E-state index contributed by atoms with van der Waals surface area (Å²) >= 11 is 13.0. The lowest BCUT2D eigenvalue weighted by molar-refractivity contribution is -0.132. The van der Waals surface area contributed by atoms with Crippen molar-refractivity contribution in [1.29, 1.82) is 0 Å². The van der Waals surface area contributed by atoms with Crippen molar-refractivity contribution in [3.63, 3.8) is 0 Å². The molecule has 0 saturated heterocycles. The van der Waals surface area contributed by atoms with E-state index in [1.165, 1.54) is 6.08 Å². The van der Waals surface area contributed by atoms with Crippen molar-refractivity contribution in [1.82, 2.24) is 15.3 Å². The number of nitrogens with one attached hydrogen (secondary N) is 2. The summed E-state index contributed by atoms with van der Waals surface area (Å²) in [5, 5.41) is 14.4. The molecule has 4 aromatic rings. The van der Waals surface area contributed by atoms with Gasteiger partial charge in [0, 0.05) is 26.7 Å². The molecule has 0 radical (unpaired) electrons. The highest BCUT2D eigenvalue weighted by molar-refractivity contribution is 6.33. The zero-order chi connectivity index (χ0) is 28.4. The minimum absolute atomic E-state index is 0.0486. The highest BCUT2D eigenvalue weighted by Crippen LogP contribution is 2.41. The molecule has 1 heterocycles. The van der Waals surface area contributed by atoms with Gasteiger partial charge >= 0.3 is 5.97 Å². The smallest absolute Gasteiger partial charge is 0.335 e. The van der Waals surface area contributed by atoms with Gasteiger partial charge in [-0.3, -0.25) is 4.79 Å². The van der Waals surface area contributed by atoms with Crippen molar-refractivity contribution in [3.05, 3.63) is 105 Å². The van der Waals surface area contributed by atoms with E-state index in [4.69, 9.17) is 28.2 Å². The van der Waals surface area contributed by atoms with Gasteiger partial charge in [0.1, 0.15) is 5.82 Å². The number of halogens is 2. The molecule has 1 atom stereocenters. The number of hydrogen-bond acceptors (Lipinski definition) is 3. The molecule has 0 saturated carbocycles. The Kier molecular flexibility index (Phi) is 8.10. The topological polar surface area (TPSA) is 95.1 Å². The molecule has 1 amide bonds. The number of allylic oxidation sites excluding steroid dienone is 1. The monoisotopic (exact) mass is 573 g/mol. The van der Waals surface area contributed by atoms with E-state index in [-0.39, 0.29) is 17.5 Å². The number of fused-ring (bicyclic) bond motifs is 1. The predicted molar refractivity (Wildman–Crippen MR) is 160 cm³/mol. The molecule has 8 heteroatoms. The minimum Gasteiger partial charge on any atom is -0.478 e. The van der Waals surface area contributed by atoms with Gasteiger partial charge in [-0.15, -0.1) is 0 Å². The summed E-state index contributed by atoms with van der Waals surface area (Å²) in [6, 6.07) is 18.8. The number of benzene rings is 3. The average Bonchev–Trinajstić information content (AvgIpc) is 3.35. The Morgan fingerprint density at radius 2 is 1.82 bits per heavy atom. The molecule has 204 valence electrons. The van der Waals surface area contributed by atoms with Crippen LogP contribution in [0.4, 0.5) is 0 Å². The van der Waals surface area contributed by atoms with Gasteiger partial charge in [0.25, 0.3) is 0 Å². The molecule has 1 aromatic heterocycles. The van der Waals surface area contributed by atoms with Crippen LogP contribution in [0, 0.1) is 6.92 Å². The Hall–Kier alpha value is -3.87. The van der Waals surface area contributed by atoms with Crippen LogP contribution in [0.2, 0.25) is 10.0 Å². The molecule has 6 nitrogen and oxygen atoms in total. The van der Waals surface area contributed by atoms with Crippen LogP contribution in [0.1, 0.15) is 55.3 Å². The van der Waals surface area contributed by atoms with Gasteiger partial charge in [0.05, 0.1) is 22.6 Å². The van der Waals surface area contributed by atoms with Gasteiger partial charge in [0.2, 0.25) is 5.91 Å². The zero-order valence-corrected chi connectivity index (χ0v) is 23.7. The summed E-state index contributed by atoms with van der Waals surface area (Å²) in [6.45, 7) is 3.99.